The Balaban J connectivity index is 0. The molecule has 1 aromatic heterocycles. The lowest BCUT2D eigenvalue weighted by Gasteiger charge is -2.04. The van der Waals surface area contributed by atoms with E-state index in [1.54, 1.807) is 0 Å². The first kappa shape index (κ1) is 18.0. The number of rotatable bonds is 7. The number of pyridine rings is 1. The minimum atomic E-state index is 0. The Morgan fingerprint density at radius 1 is 1.12 bits per heavy atom. The first-order valence-electron chi connectivity index (χ1n) is 5.25. The lowest BCUT2D eigenvalue weighted by Crippen LogP contribution is -2.21. The third kappa shape index (κ3) is 8.92. The van der Waals surface area contributed by atoms with Gasteiger partial charge in [-0.3, -0.25) is 4.98 Å². The van der Waals surface area contributed by atoms with E-state index < -0.39 is 0 Å². The fourth-order valence-electron chi connectivity index (χ4n) is 1.23. The molecule has 94 valence electrons. The van der Waals surface area contributed by atoms with Gasteiger partial charge in [0.15, 0.2) is 0 Å². The SMILES string of the molecule is CCNCCCNCc1ccccn1.Cl.Cl. The van der Waals surface area contributed by atoms with Gasteiger partial charge in [-0.2, -0.15) is 0 Å². The van der Waals surface area contributed by atoms with Crippen LogP contribution in [0.15, 0.2) is 24.4 Å². The highest BCUT2D eigenvalue weighted by Gasteiger charge is 1.91. The van der Waals surface area contributed by atoms with Gasteiger partial charge >= 0.3 is 0 Å². The van der Waals surface area contributed by atoms with E-state index in [1.165, 1.54) is 6.42 Å². The molecule has 0 saturated carbocycles. The summed E-state index contributed by atoms with van der Waals surface area (Å²) in [7, 11) is 0. The molecule has 0 aliphatic carbocycles. The fraction of sp³-hybridized carbons (Fsp3) is 0.545. The monoisotopic (exact) mass is 265 g/mol. The van der Waals surface area contributed by atoms with Crippen LogP contribution in [-0.2, 0) is 6.54 Å². The van der Waals surface area contributed by atoms with Crippen LogP contribution in [0, 0.1) is 0 Å². The predicted molar refractivity (Wildman–Crippen MR) is 73.6 cm³/mol. The Bertz CT molecular complexity index is 232. The largest absolute Gasteiger partial charge is 0.317 e. The molecule has 0 atom stereocenters. The molecule has 0 unspecified atom stereocenters. The van der Waals surface area contributed by atoms with Gasteiger partial charge in [0.1, 0.15) is 0 Å². The summed E-state index contributed by atoms with van der Waals surface area (Å²) < 4.78 is 0. The number of hydrogen-bond acceptors (Lipinski definition) is 3. The number of halogens is 2. The van der Waals surface area contributed by atoms with Crippen molar-refractivity contribution in [3.8, 4) is 0 Å². The van der Waals surface area contributed by atoms with Crippen LogP contribution in [-0.4, -0.2) is 24.6 Å². The summed E-state index contributed by atoms with van der Waals surface area (Å²) in [6.07, 6.45) is 3.00. The summed E-state index contributed by atoms with van der Waals surface area (Å²) in [4.78, 5) is 4.23. The number of aromatic nitrogens is 1. The normalized spacial score (nSPS) is 9.06. The van der Waals surface area contributed by atoms with Gasteiger partial charge in [0.05, 0.1) is 5.69 Å². The predicted octanol–water partition coefficient (Wildman–Crippen LogP) is 2.01. The van der Waals surface area contributed by atoms with Crippen LogP contribution in [0.2, 0.25) is 0 Å². The lowest BCUT2D eigenvalue weighted by molar-refractivity contribution is 0.601. The topological polar surface area (TPSA) is 37.0 Å². The third-order valence-corrected chi connectivity index (χ3v) is 1.99. The van der Waals surface area contributed by atoms with Crippen molar-refractivity contribution < 1.29 is 0 Å². The van der Waals surface area contributed by atoms with Crippen molar-refractivity contribution in [2.75, 3.05) is 19.6 Å². The molecule has 1 heterocycles. The van der Waals surface area contributed by atoms with Crippen molar-refractivity contribution in [2.24, 2.45) is 0 Å². The Morgan fingerprint density at radius 3 is 2.50 bits per heavy atom. The average molecular weight is 266 g/mol. The van der Waals surface area contributed by atoms with E-state index >= 15 is 0 Å². The summed E-state index contributed by atoms with van der Waals surface area (Å²) in [5, 5.41) is 6.65. The number of nitrogens with zero attached hydrogens (tertiary/aromatic N) is 1. The molecule has 0 aliphatic rings. The van der Waals surface area contributed by atoms with Gasteiger partial charge in [-0.15, -0.1) is 24.8 Å². The van der Waals surface area contributed by atoms with Gasteiger partial charge in [-0.1, -0.05) is 13.0 Å². The summed E-state index contributed by atoms with van der Waals surface area (Å²) in [5.41, 5.74) is 1.11. The standard InChI is InChI=1S/C11H19N3.2ClH/c1-2-12-7-5-8-13-10-11-6-3-4-9-14-11;;/h3-4,6,9,12-13H,2,5,7-8,10H2,1H3;2*1H. The van der Waals surface area contributed by atoms with E-state index in [0.717, 1.165) is 31.9 Å². The van der Waals surface area contributed by atoms with Crippen LogP contribution in [0.4, 0.5) is 0 Å². The van der Waals surface area contributed by atoms with Crippen LogP contribution in [0.3, 0.4) is 0 Å². The zero-order valence-electron chi connectivity index (χ0n) is 9.61. The quantitative estimate of drug-likeness (QED) is 0.741. The smallest absolute Gasteiger partial charge is 0.0541 e. The highest BCUT2D eigenvalue weighted by molar-refractivity contribution is 5.85. The molecule has 0 bridgehead atoms. The summed E-state index contributed by atoms with van der Waals surface area (Å²) in [5.74, 6) is 0. The first-order valence-corrected chi connectivity index (χ1v) is 5.25. The molecule has 1 aromatic rings. The van der Waals surface area contributed by atoms with Gasteiger partial charge in [0.25, 0.3) is 0 Å². The maximum atomic E-state index is 4.23. The van der Waals surface area contributed by atoms with Gasteiger partial charge in [0, 0.05) is 12.7 Å². The van der Waals surface area contributed by atoms with E-state index in [4.69, 9.17) is 0 Å². The van der Waals surface area contributed by atoms with E-state index in [2.05, 4.69) is 22.5 Å². The number of hydrogen-bond donors (Lipinski definition) is 2. The van der Waals surface area contributed by atoms with Crippen molar-refractivity contribution >= 4 is 24.8 Å². The molecule has 16 heavy (non-hydrogen) atoms. The van der Waals surface area contributed by atoms with Crippen molar-refractivity contribution in [3.63, 3.8) is 0 Å². The maximum absolute atomic E-state index is 4.23. The minimum absolute atomic E-state index is 0. The Kier molecular flexibility index (Phi) is 14.3. The molecule has 0 radical (unpaired) electrons. The van der Waals surface area contributed by atoms with Gasteiger partial charge in [-0.05, 0) is 38.2 Å². The second-order valence-electron chi connectivity index (χ2n) is 3.20. The maximum Gasteiger partial charge on any atom is 0.0541 e. The van der Waals surface area contributed by atoms with Crippen LogP contribution in [0.5, 0.6) is 0 Å². The zero-order chi connectivity index (χ0) is 10.1. The van der Waals surface area contributed by atoms with Gasteiger partial charge < -0.3 is 10.6 Å². The minimum Gasteiger partial charge on any atom is -0.317 e. The first-order chi connectivity index (χ1) is 6.93. The molecular formula is C11H21Cl2N3. The van der Waals surface area contributed by atoms with E-state index in [0.29, 0.717) is 0 Å². The van der Waals surface area contributed by atoms with E-state index in [9.17, 15) is 0 Å². The second kappa shape index (κ2) is 12.7. The number of nitrogens with one attached hydrogen (secondary N) is 2. The Morgan fingerprint density at radius 2 is 1.88 bits per heavy atom. The summed E-state index contributed by atoms with van der Waals surface area (Å²) >= 11 is 0. The fourth-order valence-corrected chi connectivity index (χ4v) is 1.23. The summed E-state index contributed by atoms with van der Waals surface area (Å²) in [6.45, 7) is 6.18. The van der Waals surface area contributed by atoms with Crippen molar-refractivity contribution in [1.82, 2.24) is 15.6 Å². The van der Waals surface area contributed by atoms with Crippen molar-refractivity contribution in [1.29, 1.82) is 0 Å². The van der Waals surface area contributed by atoms with Crippen LogP contribution in [0.1, 0.15) is 19.0 Å². The molecule has 2 N–H and O–H groups in total. The highest BCUT2D eigenvalue weighted by Crippen LogP contribution is 1.91. The molecule has 0 aromatic carbocycles. The molecule has 0 fully saturated rings. The van der Waals surface area contributed by atoms with Crippen LogP contribution in [0.25, 0.3) is 0 Å². The Hall–Kier alpha value is -0.350. The molecular weight excluding hydrogens is 245 g/mol. The molecule has 0 amide bonds. The molecule has 3 nitrogen and oxygen atoms in total. The molecule has 0 saturated heterocycles. The lowest BCUT2D eigenvalue weighted by atomic mass is 10.3. The third-order valence-electron chi connectivity index (χ3n) is 1.99. The zero-order valence-corrected chi connectivity index (χ0v) is 11.2. The highest BCUT2D eigenvalue weighted by atomic mass is 35.5. The van der Waals surface area contributed by atoms with Crippen LogP contribution >= 0.6 is 24.8 Å². The molecule has 5 heteroatoms. The van der Waals surface area contributed by atoms with Gasteiger partial charge in [0.2, 0.25) is 0 Å². The molecule has 0 aliphatic heterocycles. The van der Waals surface area contributed by atoms with Crippen molar-refractivity contribution in [3.05, 3.63) is 30.1 Å². The van der Waals surface area contributed by atoms with Gasteiger partial charge in [-0.25, -0.2) is 0 Å². The second-order valence-corrected chi connectivity index (χ2v) is 3.20. The van der Waals surface area contributed by atoms with E-state index in [-0.39, 0.29) is 24.8 Å². The van der Waals surface area contributed by atoms with Crippen LogP contribution < -0.4 is 10.6 Å². The molecule has 0 spiro atoms. The average Bonchev–Trinajstić information content (AvgIpc) is 2.25. The summed E-state index contributed by atoms with van der Waals surface area (Å²) in [6, 6.07) is 5.99. The Labute approximate surface area is 110 Å². The molecule has 1 rings (SSSR count). The van der Waals surface area contributed by atoms with Crippen molar-refractivity contribution in [2.45, 2.75) is 19.9 Å². The van der Waals surface area contributed by atoms with E-state index in [1.807, 2.05) is 24.4 Å².